The van der Waals surface area contributed by atoms with Crippen molar-refractivity contribution in [2.45, 2.75) is 53.4 Å². The van der Waals surface area contributed by atoms with Gasteiger partial charge < -0.3 is 41.9 Å². The number of carbonyl (C=O) groups excluding carboxylic acids is 1. The van der Waals surface area contributed by atoms with E-state index in [1.165, 1.54) is 30.9 Å². The Bertz CT molecular complexity index is 3380. The number of nitriles is 2. The van der Waals surface area contributed by atoms with E-state index in [1.807, 2.05) is 26.0 Å². The van der Waals surface area contributed by atoms with Crippen molar-refractivity contribution in [1.82, 2.24) is 35.1 Å². The lowest BCUT2D eigenvalue weighted by molar-refractivity contribution is -0.135. The highest BCUT2D eigenvalue weighted by Crippen LogP contribution is 2.34. The van der Waals surface area contributed by atoms with Gasteiger partial charge in [-0.3, -0.25) is 9.59 Å². The Balaban J connectivity index is 0.000000229. The number of nitrogens with zero attached hydrogens (tertiary/aromatic N) is 8. The molecule has 4 aromatic carbocycles. The Morgan fingerprint density at radius 2 is 1.22 bits per heavy atom. The van der Waals surface area contributed by atoms with Gasteiger partial charge >= 0.3 is 5.97 Å². The molecule has 394 valence electrons. The number of rotatable bonds is 8. The van der Waals surface area contributed by atoms with Crippen molar-refractivity contribution < 1.29 is 23.5 Å². The molecule has 1 amide bonds. The summed E-state index contributed by atoms with van der Waals surface area (Å²) in [6.07, 6.45) is 4.07. The quantitative estimate of drug-likeness (QED) is 0.0473. The molecule has 0 bridgehead atoms. The van der Waals surface area contributed by atoms with Gasteiger partial charge in [-0.15, -0.1) is 0 Å². The largest absolute Gasteiger partial charge is 0.480 e. The summed E-state index contributed by atoms with van der Waals surface area (Å²) in [5, 5.41) is 37.7. The summed E-state index contributed by atoms with van der Waals surface area (Å²) in [6.45, 7) is 12.0. The summed E-state index contributed by atoms with van der Waals surface area (Å²) in [6, 6.07) is 19.7. The van der Waals surface area contributed by atoms with E-state index in [2.05, 4.69) is 103 Å². The van der Waals surface area contributed by atoms with Crippen LogP contribution >= 0.6 is 34.8 Å². The van der Waals surface area contributed by atoms with E-state index < -0.39 is 29.9 Å². The molecule has 21 heteroatoms. The first-order chi connectivity index (χ1) is 36.1. The van der Waals surface area contributed by atoms with Gasteiger partial charge in [0.25, 0.3) is 0 Å². The smallest absolute Gasteiger partial charge is 0.317 e. The predicted molar refractivity (Wildman–Crippen MR) is 297 cm³/mol. The number of anilines is 6. The molecule has 2 atom stereocenters. The fraction of sp³-hybridized carbons (Fsp3) is 0.309. The number of allylic oxidation sites excluding steroid dienone is 1. The summed E-state index contributed by atoms with van der Waals surface area (Å²) in [5.41, 5.74) is 11.1. The maximum atomic E-state index is 14.5. The molecule has 7 N–H and O–H groups in total. The van der Waals surface area contributed by atoms with Crippen LogP contribution in [0.15, 0.2) is 84.0 Å². The molecule has 0 unspecified atom stereocenters. The zero-order chi connectivity index (χ0) is 55.7. The molecule has 4 heterocycles. The maximum Gasteiger partial charge on any atom is 0.317 e. The number of aromatic nitrogens is 4. The van der Waals surface area contributed by atoms with E-state index in [9.17, 15) is 18.4 Å². The van der Waals surface area contributed by atoms with Crippen LogP contribution in [0.2, 0.25) is 10.0 Å². The molecular weight excluding hydrogens is 1040 g/mol. The molecule has 8 rings (SSSR count). The standard InChI is InChI=1S/C25H22ClFN6O.C22H21ClFN5.C5H10ClN.C3H3NO2/c1-25(9-11-33(2)14-25)8-6-16-12-21-17(13-20(16)31-22(34)7-10-28)24(30-15-29-21)32-19-5-3-4-18(26)23(19)27;1-22(8-9-29(2)12-22)7-6-14-10-19-15(11-17(14)25)21(27-13-26-19)28-18-5-3-4-16(23)20(18)24;1-4(2)5(6)7-3;4-2-1-3(5)6/h3-5,12-13,15H,7,9,11,14H2,1-2H3,(H,31,34)(H,29,30,32);3-5,10-11,13H,8-9,12,25H2,1-2H3,(H,26,27,28);7H,1-3H3;1H2,(H,5,6)/t25-;22-;;/m00../s1. The Hall–Kier alpha value is -7.81. The van der Waals surface area contributed by atoms with Crippen LogP contribution in [0.5, 0.6) is 0 Å². The number of amides is 1. The van der Waals surface area contributed by atoms with E-state index in [1.54, 1.807) is 49.5 Å². The topological polar surface area (TPSA) is 234 Å². The van der Waals surface area contributed by atoms with Gasteiger partial charge in [-0.1, -0.05) is 70.6 Å². The fourth-order valence-electron chi connectivity index (χ4n) is 7.80. The highest BCUT2D eigenvalue weighted by Gasteiger charge is 2.31. The lowest BCUT2D eigenvalue weighted by Gasteiger charge is -2.16. The molecule has 0 spiro atoms. The lowest BCUT2D eigenvalue weighted by Crippen LogP contribution is -2.20. The first kappa shape index (κ1) is 59.1. The molecule has 0 radical (unpaired) electrons. The maximum absolute atomic E-state index is 14.5. The molecule has 16 nitrogen and oxygen atoms in total. The van der Waals surface area contributed by atoms with Crippen LogP contribution in [-0.2, 0) is 9.59 Å². The first-order valence-corrected chi connectivity index (χ1v) is 24.7. The summed E-state index contributed by atoms with van der Waals surface area (Å²) in [4.78, 5) is 43.3. The molecule has 2 aliphatic heterocycles. The van der Waals surface area contributed by atoms with Gasteiger partial charge in [0.1, 0.15) is 42.3 Å². The average Bonchev–Trinajstić information content (AvgIpc) is 3.91. The van der Waals surface area contributed by atoms with E-state index >= 15 is 0 Å². The third-order valence-electron chi connectivity index (χ3n) is 11.7. The monoisotopic (exact) mass is 1090 g/mol. The van der Waals surface area contributed by atoms with Gasteiger partial charge in [0, 0.05) is 53.0 Å². The van der Waals surface area contributed by atoms with Crippen LogP contribution in [0.25, 0.3) is 21.8 Å². The number of nitrogens with two attached hydrogens (primary N) is 1. The number of likely N-dealkylation sites (tertiary alicyclic amines) is 2. The van der Waals surface area contributed by atoms with E-state index in [-0.39, 0.29) is 38.7 Å². The van der Waals surface area contributed by atoms with Gasteiger partial charge in [0.15, 0.2) is 11.6 Å². The van der Waals surface area contributed by atoms with Crippen LogP contribution in [0.3, 0.4) is 0 Å². The summed E-state index contributed by atoms with van der Waals surface area (Å²) in [5.74, 6) is 11.3. The first-order valence-electron chi connectivity index (χ1n) is 23.5. The molecule has 2 aliphatic rings. The second kappa shape index (κ2) is 27.1. The van der Waals surface area contributed by atoms with Crippen LogP contribution < -0.4 is 27.0 Å². The minimum atomic E-state index is -1.07. The zero-order valence-electron chi connectivity index (χ0n) is 42.9. The third kappa shape index (κ3) is 16.6. The molecule has 6 aromatic rings. The second-order valence-electron chi connectivity index (χ2n) is 18.5. The van der Waals surface area contributed by atoms with E-state index in [4.69, 9.17) is 56.2 Å². The molecule has 76 heavy (non-hydrogen) atoms. The minimum Gasteiger partial charge on any atom is -0.480 e. The van der Waals surface area contributed by atoms with Crippen LogP contribution in [0, 0.1) is 68.8 Å². The number of carboxylic acids is 1. The van der Waals surface area contributed by atoms with E-state index in [0.29, 0.717) is 50.4 Å². The number of nitrogen functional groups attached to an aromatic ring is 1. The van der Waals surface area contributed by atoms with Gasteiger partial charge in [0.2, 0.25) is 5.91 Å². The number of halogens is 5. The molecule has 0 aliphatic carbocycles. The zero-order valence-corrected chi connectivity index (χ0v) is 45.2. The van der Waals surface area contributed by atoms with E-state index in [0.717, 1.165) is 55.3 Å². The molecule has 2 saturated heterocycles. The number of hydrogen-bond donors (Lipinski definition) is 6. The number of carbonyl (C=O) groups is 2. The van der Waals surface area contributed by atoms with Crippen LogP contribution in [-0.4, -0.2) is 94.0 Å². The Labute approximate surface area is 455 Å². The summed E-state index contributed by atoms with van der Waals surface area (Å²) in [7, 11) is 5.96. The normalized spacial score (nSPS) is 16.4. The summed E-state index contributed by atoms with van der Waals surface area (Å²) >= 11 is 17.3. The summed E-state index contributed by atoms with van der Waals surface area (Å²) < 4.78 is 28.7. The van der Waals surface area contributed by atoms with Gasteiger partial charge in [-0.25, -0.2) is 28.7 Å². The number of aliphatic carboxylic acids is 1. The Morgan fingerprint density at radius 3 is 1.63 bits per heavy atom. The van der Waals surface area contributed by atoms with Gasteiger partial charge in [-0.2, -0.15) is 10.5 Å². The number of benzene rings is 4. The minimum absolute atomic E-state index is 0.0172. The fourth-order valence-corrected chi connectivity index (χ4v) is 8.15. The Kier molecular flexibility index (Phi) is 21.1. The highest BCUT2D eigenvalue weighted by molar-refractivity contribution is 6.31. The molecular formula is C55H56Cl3F2N13O3. The van der Waals surface area contributed by atoms with Gasteiger partial charge in [-0.05, 0) is 122 Å². The van der Waals surface area contributed by atoms with Crippen molar-refractivity contribution >= 4 is 103 Å². The number of carboxylic acid groups (broad SMARTS) is 1. The molecule has 0 saturated carbocycles. The van der Waals surface area contributed by atoms with Crippen molar-refractivity contribution in [3.05, 3.63) is 117 Å². The van der Waals surface area contributed by atoms with Crippen molar-refractivity contribution in [1.29, 1.82) is 10.5 Å². The van der Waals surface area contributed by atoms with Crippen LogP contribution in [0.4, 0.5) is 43.2 Å². The van der Waals surface area contributed by atoms with Gasteiger partial charge in [0.05, 0.1) is 55.8 Å². The third-order valence-corrected chi connectivity index (χ3v) is 12.9. The lowest BCUT2D eigenvalue weighted by atomic mass is 9.90. The second-order valence-corrected chi connectivity index (χ2v) is 19.7. The number of nitrogens with one attached hydrogen (secondary N) is 4. The molecule has 2 aromatic heterocycles. The average molecular weight is 1090 g/mol. The number of fused-ring (bicyclic) bond motifs is 2. The SMILES string of the molecule is CN1CC[C@](C)(C#Cc2cc3ncnc(Nc4cccc(Cl)c4F)c3cc2N)C1.CN1CC[C@](C)(C#Cc2cc3ncnc(Nc4cccc(Cl)c4F)c3cc2NC(=O)CC#N)C1.CNC(Cl)=C(C)C.N#CCC(=O)O. The van der Waals surface area contributed by atoms with Crippen molar-refractivity contribution in [2.75, 3.05) is 69.0 Å². The van der Waals surface area contributed by atoms with Crippen LogP contribution in [0.1, 0.15) is 64.5 Å². The highest BCUT2D eigenvalue weighted by atomic mass is 35.5. The molecule has 2 fully saturated rings. The predicted octanol–water partition coefficient (Wildman–Crippen LogP) is 10.8. The van der Waals surface area contributed by atoms with Crippen molar-refractivity contribution in [3.63, 3.8) is 0 Å². The van der Waals surface area contributed by atoms with Crippen molar-refractivity contribution in [2.24, 2.45) is 10.8 Å². The van der Waals surface area contributed by atoms with Crippen molar-refractivity contribution in [3.8, 4) is 35.8 Å². The Morgan fingerprint density at radius 1 is 0.750 bits per heavy atom. The number of hydrogen-bond acceptors (Lipinski definition) is 14.